The molecule has 0 spiro atoms. The van der Waals surface area contributed by atoms with Gasteiger partial charge in [-0.15, -0.1) is 11.3 Å². The summed E-state index contributed by atoms with van der Waals surface area (Å²) in [6, 6.07) is 12.4. The highest BCUT2D eigenvalue weighted by Crippen LogP contribution is 2.23. The van der Waals surface area contributed by atoms with Crippen LogP contribution in [0.25, 0.3) is 0 Å². The molecule has 2 aromatic rings. The molecule has 0 aliphatic carbocycles. The number of fused-ring (bicyclic) bond motifs is 1. The van der Waals surface area contributed by atoms with Crippen LogP contribution in [0.3, 0.4) is 0 Å². The van der Waals surface area contributed by atoms with Gasteiger partial charge in [-0.05, 0) is 42.3 Å². The Bertz CT molecular complexity index is 671. The van der Waals surface area contributed by atoms with E-state index < -0.39 is 0 Å². The van der Waals surface area contributed by atoms with Gasteiger partial charge in [-0.2, -0.15) is 0 Å². The van der Waals surface area contributed by atoms with E-state index in [1.54, 1.807) is 0 Å². The van der Waals surface area contributed by atoms with Crippen molar-refractivity contribution >= 4 is 17.2 Å². The number of rotatable bonds is 8. The van der Waals surface area contributed by atoms with E-state index in [1.165, 1.54) is 16.0 Å². The first-order valence-corrected chi connectivity index (χ1v) is 9.81. The first-order chi connectivity index (χ1) is 12.2. The van der Waals surface area contributed by atoms with Gasteiger partial charge in [0.25, 0.3) is 0 Å². The molecule has 0 fully saturated rings. The Kier molecular flexibility index (Phi) is 6.62. The predicted molar refractivity (Wildman–Crippen MR) is 102 cm³/mol. The zero-order chi connectivity index (χ0) is 17.5. The Labute approximate surface area is 153 Å². The first kappa shape index (κ1) is 18.1. The van der Waals surface area contributed by atoms with Crippen molar-refractivity contribution in [1.29, 1.82) is 0 Å². The lowest BCUT2D eigenvalue weighted by molar-refractivity contribution is -0.122. The molecular weight excluding hydrogens is 332 g/mol. The molecule has 0 saturated carbocycles. The number of thiophene rings is 1. The van der Waals surface area contributed by atoms with E-state index in [0.717, 1.165) is 25.9 Å². The first-order valence-electron chi connectivity index (χ1n) is 8.93. The van der Waals surface area contributed by atoms with Crippen LogP contribution in [0.1, 0.15) is 35.5 Å². The van der Waals surface area contributed by atoms with E-state index in [4.69, 9.17) is 4.74 Å². The Morgan fingerprint density at radius 2 is 2.16 bits per heavy atom. The second-order valence-corrected chi connectivity index (χ2v) is 7.46. The van der Waals surface area contributed by atoms with Gasteiger partial charge in [0, 0.05) is 31.1 Å². The molecule has 25 heavy (non-hydrogen) atoms. The Balaban J connectivity index is 1.28. The minimum absolute atomic E-state index is 0.0880. The van der Waals surface area contributed by atoms with Gasteiger partial charge in [-0.3, -0.25) is 9.69 Å². The molecule has 1 aliphatic heterocycles. The van der Waals surface area contributed by atoms with Gasteiger partial charge in [0.1, 0.15) is 0 Å². The number of ether oxygens (including phenoxy) is 1. The van der Waals surface area contributed by atoms with Crippen molar-refractivity contribution in [2.45, 2.75) is 32.4 Å². The number of amides is 1. The lowest BCUT2D eigenvalue weighted by Crippen LogP contribution is -2.40. The lowest BCUT2D eigenvalue weighted by atomic mass is 10.1. The summed E-state index contributed by atoms with van der Waals surface area (Å²) >= 11 is 1.83. The zero-order valence-corrected chi connectivity index (χ0v) is 15.6. The van der Waals surface area contributed by atoms with Gasteiger partial charge in [0.2, 0.25) is 5.91 Å². The highest BCUT2D eigenvalue weighted by atomic mass is 32.1. The van der Waals surface area contributed by atoms with E-state index in [9.17, 15) is 4.79 Å². The predicted octanol–water partition coefficient (Wildman–Crippen LogP) is 3.39. The van der Waals surface area contributed by atoms with Crippen LogP contribution in [-0.2, 0) is 22.5 Å². The van der Waals surface area contributed by atoms with E-state index in [1.807, 2.05) is 29.5 Å². The molecule has 1 aliphatic rings. The number of hydrogen-bond acceptors (Lipinski definition) is 4. The number of carbonyl (C=O) groups is 1. The molecule has 1 aromatic heterocycles. The molecule has 3 rings (SSSR count). The third-order valence-corrected chi connectivity index (χ3v) is 5.56. The Morgan fingerprint density at radius 1 is 1.32 bits per heavy atom. The monoisotopic (exact) mass is 358 g/mol. The van der Waals surface area contributed by atoms with Gasteiger partial charge in [0.15, 0.2) is 0 Å². The van der Waals surface area contributed by atoms with Gasteiger partial charge in [0.05, 0.1) is 12.6 Å². The maximum atomic E-state index is 12.1. The average molecular weight is 359 g/mol. The molecule has 1 atom stereocenters. The standard InChI is InChI=1S/C20H26N2O2S/c1-16(17-6-3-2-4-7-17)24-12-5-10-21-20(23)15-22-11-8-19-18(14-22)9-13-25-19/h2-4,6-7,9,13,16H,5,8,10-12,14-15H2,1H3,(H,21,23). The van der Waals surface area contributed by atoms with E-state index in [-0.39, 0.29) is 12.0 Å². The maximum absolute atomic E-state index is 12.1. The van der Waals surface area contributed by atoms with Crippen molar-refractivity contribution in [3.63, 3.8) is 0 Å². The topological polar surface area (TPSA) is 41.6 Å². The highest BCUT2D eigenvalue weighted by Gasteiger charge is 2.18. The molecule has 2 heterocycles. The summed E-state index contributed by atoms with van der Waals surface area (Å²) in [5.41, 5.74) is 2.57. The number of hydrogen-bond donors (Lipinski definition) is 1. The molecule has 134 valence electrons. The van der Waals surface area contributed by atoms with Gasteiger partial charge < -0.3 is 10.1 Å². The molecule has 5 heteroatoms. The average Bonchev–Trinajstić information content (AvgIpc) is 3.09. The quantitative estimate of drug-likeness (QED) is 0.736. The lowest BCUT2D eigenvalue weighted by Gasteiger charge is -2.26. The summed E-state index contributed by atoms with van der Waals surface area (Å²) < 4.78 is 5.83. The van der Waals surface area contributed by atoms with Crippen molar-refractivity contribution in [1.82, 2.24) is 10.2 Å². The number of nitrogens with one attached hydrogen (secondary N) is 1. The second kappa shape index (κ2) is 9.13. The van der Waals surface area contributed by atoms with Crippen LogP contribution in [0.5, 0.6) is 0 Å². The molecule has 1 N–H and O–H groups in total. The minimum Gasteiger partial charge on any atom is -0.374 e. The zero-order valence-electron chi connectivity index (χ0n) is 14.7. The molecule has 0 saturated heterocycles. The van der Waals surface area contributed by atoms with Gasteiger partial charge in [-0.1, -0.05) is 30.3 Å². The van der Waals surface area contributed by atoms with Crippen molar-refractivity contribution in [2.24, 2.45) is 0 Å². The number of carbonyl (C=O) groups excluding carboxylic acids is 1. The normalized spacial score (nSPS) is 15.6. The van der Waals surface area contributed by atoms with Crippen molar-refractivity contribution < 1.29 is 9.53 Å². The second-order valence-electron chi connectivity index (χ2n) is 6.46. The molecule has 1 unspecified atom stereocenters. The van der Waals surface area contributed by atoms with Crippen LogP contribution in [0.2, 0.25) is 0 Å². The molecule has 1 amide bonds. The van der Waals surface area contributed by atoms with Crippen LogP contribution in [0.4, 0.5) is 0 Å². The molecular formula is C20H26N2O2S. The Hall–Kier alpha value is -1.69. The Morgan fingerprint density at radius 3 is 3.00 bits per heavy atom. The maximum Gasteiger partial charge on any atom is 0.234 e. The summed E-state index contributed by atoms with van der Waals surface area (Å²) in [5, 5.41) is 5.15. The van der Waals surface area contributed by atoms with Crippen LogP contribution >= 0.6 is 11.3 Å². The van der Waals surface area contributed by atoms with Crippen LogP contribution in [-0.4, -0.2) is 37.0 Å². The van der Waals surface area contributed by atoms with Gasteiger partial charge >= 0.3 is 0 Å². The van der Waals surface area contributed by atoms with Crippen LogP contribution in [0.15, 0.2) is 41.8 Å². The van der Waals surface area contributed by atoms with Crippen LogP contribution in [0, 0.1) is 0 Å². The number of nitrogens with zero attached hydrogens (tertiary/aromatic N) is 1. The highest BCUT2D eigenvalue weighted by molar-refractivity contribution is 7.10. The molecule has 1 aromatic carbocycles. The van der Waals surface area contributed by atoms with E-state index in [0.29, 0.717) is 19.7 Å². The molecule has 4 nitrogen and oxygen atoms in total. The van der Waals surface area contributed by atoms with E-state index in [2.05, 4.69) is 40.7 Å². The summed E-state index contributed by atoms with van der Waals surface area (Å²) in [6.45, 7) is 5.72. The summed E-state index contributed by atoms with van der Waals surface area (Å²) in [4.78, 5) is 15.8. The summed E-state index contributed by atoms with van der Waals surface area (Å²) in [6.07, 6.45) is 1.98. The molecule has 0 radical (unpaired) electrons. The van der Waals surface area contributed by atoms with Crippen molar-refractivity contribution in [2.75, 3.05) is 26.2 Å². The summed E-state index contributed by atoms with van der Waals surface area (Å²) in [5.74, 6) is 0.106. The van der Waals surface area contributed by atoms with Crippen molar-refractivity contribution in [3.8, 4) is 0 Å². The minimum atomic E-state index is 0.0880. The van der Waals surface area contributed by atoms with Crippen LogP contribution < -0.4 is 5.32 Å². The third kappa shape index (κ3) is 5.39. The fraction of sp³-hybridized carbons (Fsp3) is 0.450. The summed E-state index contributed by atoms with van der Waals surface area (Å²) in [7, 11) is 0. The smallest absolute Gasteiger partial charge is 0.234 e. The fourth-order valence-electron chi connectivity index (χ4n) is 3.08. The SMILES string of the molecule is CC(OCCCNC(=O)CN1CCc2sccc2C1)c1ccccc1. The number of benzene rings is 1. The van der Waals surface area contributed by atoms with Gasteiger partial charge in [-0.25, -0.2) is 0 Å². The fourth-order valence-corrected chi connectivity index (χ4v) is 3.97. The van der Waals surface area contributed by atoms with Crippen molar-refractivity contribution in [3.05, 3.63) is 57.8 Å². The third-order valence-electron chi connectivity index (χ3n) is 4.53. The molecule has 0 bridgehead atoms. The largest absolute Gasteiger partial charge is 0.374 e. The van der Waals surface area contributed by atoms with E-state index >= 15 is 0 Å².